The topological polar surface area (TPSA) is 161 Å². The van der Waals surface area contributed by atoms with E-state index in [2.05, 4.69) is 55.7 Å². The summed E-state index contributed by atoms with van der Waals surface area (Å²) in [6, 6.07) is 14.2. The third-order valence-electron chi connectivity index (χ3n) is 6.96. The molecule has 0 aliphatic carbocycles. The fraction of sp³-hybridized carbons (Fsp3) is 0.452. The lowest BCUT2D eigenvalue weighted by Crippen LogP contribution is -2.29. The van der Waals surface area contributed by atoms with E-state index >= 15 is 0 Å². The molecule has 3 aromatic rings. The van der Waals surface area contributed by atoms with Gasteiger partial charge in [0.15, 0.2) is 11.8 Å². The average Bonchev–Trinajstić information content (AvgIpc) is 3.45. The number of nitrogens with two attached hydrogens (primary N) is 2. The first-order valence-electron chi connectivity index (χ1n) is 15.1. The van der Waals surface area contributed by atoms with E-state index in [9.17, 15) is 10.1 Å². The van der Waals surface area contributed by atoms with Crippen LogP contribution in [0.15, 0.2) is 71.1 Å². The molecule has 0 aliphatic rings. The lowest BCUT2D eigenvalue weighted by molar-refractivity contribution is -0.404. The van der Waals surface area contributed by atoms with Crippen LogP contribution >= 0.6 is 34.7 Å². The van der Waals surface area contributed by atoms with E-state index in [0.29, 0.717) is 29.8 Å². The number of nitrogens with zero attached hydrogens (tertiary/aromatic N) is 5. The molecule has 0 spiro atoms. The summed E-state index contributed by atoms with van der Waals surface area (Å²) >= 11 is 9.18. The van der Waals surface area contributed by atoms with Gasteiger partial charge in [0.05, 0.1) is 10.6 Å². The van der Waals surface area contributed by atoms with Crippen LogP contribution in [-0.2, 0) is 5.75 Å². The maximum Gasteiger partial charge on any atom is 0.274 e. The fourth-order valence-electron chi connectivity index (χ4n) is 4.70. The molecule has 1 unspecified atom stereocenters. The molecule has 14 heteroatoms. The number of aromatic nitrogens is 2. The second kappa shape index (κ2) is 20.6. The van der Waals surface area contributed by atoms with E-state index in [1.165, 1.54) is 16.9 Å². The first-order chi connectivity index (χ1) is 21.8. The van der Waals surface area contributed by atoms with Crippen molar-refractivity contribution in [3.8, 4) is 0 Å². The smallest absolute Gasteiger partial charge is 0.274 e. The zero-order chi connectivity index (χ0) is 32.3. The quantitative estimate of drug-likeness (QED) is 0.0343. The van der Waals surface area contributed by atoms with Crippen molar-refractivity contribution in [3.05, 3.63) is 98.2 Å². The molecule has 0 bridgehead atoms. The summed E-state index contributed by atoms with van der Waals surface area (Å²) in [4.78, 5) is 25.9. The van der Waals surface area contributed by atoms with Gasteiger partial charge in [-0.05, 0) is 69.2 Å². The molecule has 0 aliphatic heterocycles. The SMILES string of the molecule is CN(CCCCCCCN/C(=C\[N+](=O)[O-])NCCSCc1csc(N=C(N)N)n1)CCC(c1ccc(Cl)cc1)c1ccccn1. The van der Waals surface area contributed by atoms with Gasteiger partial charge in [0.2, 0.25) is 5.13 Å². The second-order valence-electron chi connectivity index (χ2n) is 10.6. The maximum atomic E-state index is 11.1. The highest BCUT2D eigenvalue weighted by Gasteiger charge is 2.16. The van der Waals surface area contributed by atoms with Gasteiger partial charge in [0.1, 0.15) is 0 Å². The predicted octanol–water partition coefficient (Wildman–Crippen LogP) is 5.69. The molecule has 6 N–H and O–H groups in total. The van der Waals surface area contributed by atoms with Crippen molar-refractivity contribution >= 4 is 45.8 Å². The number of hydrogen-bond acceptors (Lipinski definition) is 10. The molecule has 0 amide bonds. The first kappa shape index (κ1) is 36.1. The molecular weight excluding hydrogens is 630 g/mol. The maximum absolute atomic E-state index is 11.1. The van der Waals surface area contributed by atoms with Gasteiger partial charge in [0, 0.05) is 52.8 Å². The monoisotopic (exact) mass is 673 g/mol. The highest BCUT2D eigenvalue weighted by atomic mass is 35.5. The molecule has 1 aromatic carbocycles. The van der Waals surface area contributed by atoms with Crippen molar-refractivity contribution in [2.45, 2.75) is 50.2 Å². The van der Waals surface area contributed by atoms with Crippen LogP contribution in [0, 0.1) is 10.1 Å². The third-order valence-corrected chi connectivity index (χ3v) is 8.99. The Balaban J connectivity index is 1.26. The normalized spacial score (nSPS) is 12.2. The lowest BCUT2D eigenvalue weighted by atomic mass is 9.92. The van der Waals surface area contributed by atoms with Gasteiger partial charge in [-0.25, -0.2) is 4.98 Å². The summed E-state index contributed by atoms with van der Waals surface area (Å²) in [7, 11) is 2.18. The zero-order valence-corrected chi connectivity index (χ0v) is 28.1. The minimum Gasteiger partial charge on any atom is -0.370 e. The molecule has 11 nitrogen and oxygen atoms in total. The van der Waals surface area contributed by atoms with Crippen molar-refractivity contribution in [2.75, 3.05) is 39.0 Å². The number of nitrogens with one attached hydrogen (secondary N) is 2. The summed E-state index contributed by atoms with van der Waals surface area (Å²) in [5.41, 5.74) is 14.0. The van der Waals surface area contributed by atoms with E-state index in [4.69, 9.17) is 23.1 Å². The van der Waals surface area contributed by atoms with Gasteiger partial charge in [0.25, 0.3) is 6.20 Å². The van der Waals surface area contributed by atoms with Crippen LogP contribution in [0.2, 0.25) is 5.02 Å². The second-order valence-corrected chi connectivity index (χ2v) is 13.0. The minimum absolute atomic E-state index is 0.0121. The number of thioether (sulfide) groups is 1. The summed E-state index contributed by atoms with van der Waals surface area (Å²) in [6.07, 6.45) is 9.30. The Hall–Kier alpha value is -3.39. The van der Waals surface area contributed by atoms with Gasteiger partial charge in [-0.15, -0.1) is 11.3 Å². The minimum atomic E-state index is -0.437. The number of unbranched alkanes of at least 4 members (excludes halogenated alkanes) is 4. The van der Waals surface area contributed by atoms with Gasteiger partial charge >= 0.3 is 0 Å². The van der Waals surface area contributed by atoms with Gasteiger partial charge in [-0.1, -0.05) is 49.1 Å². The Morgan fingerprint density at radius 3 is 2.60 bits per heavy atom. The number of thiazole rings is 1. The van der Waals surface area contributed by atoms with E-state index in [-0.39, 0.29) is 11.9 Å². The Kier molecular flexibility index (Phi) is 16.5. The Labute approximate surface area is 279 Å². The lowest BCUT2D eigenvalue weighted by Gasteiger charge is -2.22. The average molecular weight is 674 g/mol. The van der Waals surface area contributed by atoms with E-state index in [0.717, 1.165) is 80.0 Å². The summed E-state index contributed by atoms with van der Waals surface area (Å²) in [6.45, 7) is 3.31. The Morgan fingerprint density at radius 2 is 1.87 bits per heavy atom. The number of benzene rings is 1. The van der Waals surface area contributed by atoms with Crippen molar-refractivity contribution in [3.63, 3.8) is 0 Å². The summed E-state index contributed by atoms with van der Waals surface area (Å²) in [5.74, 6) is 2.14. The van der Waals surface area contributed by atoms with Gasteiger partial charge < -0.3 is 27.0 Å². The molecule has 2 aromatic heterocycles. The van der Waals surface area contributed by atoms with Crippen LogP contribution in [0.3, 0.4) is 0 Å². The Morgan fingerprint density at radius 1 is 1.11 bits per heavy atom. The number of hydrogen-bond donors (Lipinski definition) is 4. The number of halogens is 1. The molecule has 0 saturated heterocycles. The Bertz CT molecular complexity index is 1340. The number of rotatable bonds is 22. The molecule has 0 saturated carbocycles. The standard InChI is InChI=1S/C31H44ClN9O2S2/c1-40(19-14-27(28-9-5-7-15-35-28)24-10-12-25(32)13-11-24)18-8-4-2-3-6-16-36-29(21-41(42)43)37-17-20-44-22-26-23-45-31(38-26)39-30(33)34/h5,7,9-13,15,21,23,27,36-37H,2-4,6,8,14,16-20,22H2,1H3,(H4,33,34,38,39)/b29-21+. The van der Waals surface area contributed by atoms with Gasteiger partial charge in [-0.3, -0.25) is 15.1 Å². The number of aliphatic imine (C=N–C) groups is 1. The summed E-state index contributed by atoms with van der Waals surface area (Å²) in [5, 5.41) is 20.6. The fourth-order valence-corrected chi connectivity index (χ4v) is 6.39. The number of guanidine groups is 1. The van der Waals surface area contributed by atoms with Crippen molar-refractivity contribution in [1.29, 1.82) is 0 Å². The molecule has 0 fully saturated rings. The predicted molar refractivity (Wildman–Crippen MR) is 188 cm³/mol. The van der Waals surface area contributed by atoms with E-state index in [1.54, 1.807) is 11.8 Å². The van der Waals surface area contributed by atoms with Crippen LogP contribution in [-0.4, -0.2) is 64.7 Å². The molecule has 45 heavy (non-hydrogen) atoms. The number of pyridine rings is 1. The molecule has 1 atom stereocenters. The summed E-state index contributed by atoms with van der Waals surface area (Å²) < 4.78 is 0. The molecular formula is C31H44ClN9O2S2. The van der Waals surface area contributed by atoms with Crippen molar-refractivity contribution < 1.29 is 4.92 Å². The van der Waals surface area contributed by atoms with Gasteiger partial charge in [-0.2, -0.15) is 16.8 Å². The third kappa shape index (κ3) is 15.0. The molecule has 0 radical (unpaired) electrons. The highest BCUT2D eigenvalue weighted by molar-refractivity contribution is 7.98. The van der Waals surface area contributed by atoms with E-state index < -0.39 is 4.92 Å². The van der Waals surface area contributed by atoms with Crippen molar-refractivity contribution in [2.24, 2.45) is 16.5 Å². The van der Waals surface area contributed by atoms with Crippen LogP contribution < -0.4 is 22.1 Å². The molecule has 2 heterocycles. The molecule has 244 valence electrons. The van der Waals surface area contributed by atoms with Crippen LogP contribution in [0.4, 0.5) is 5.13 Å². The van der Waals surface area contributed by atoms with E-state index in [1.807, 2.05) is 35.8 Å². The number of nitro groups is 1. The van der Waals surface area contributed by atoms with Crippen LogP contribution in [0.5, 0.6) is 0 Å². The van der Waals surface area contributed by atoms with Crippen LogP contribution in [0.1, 0.15) is 61.4 Å². The largest absolute Gasteiger partial charge is 0.370 e. The zero-order valence-electron chi connectivity index (χ0n) is 25.7. The van der Waals surface area contributed by atoms with Crippen LogP contribution in [0.25, 0.3) is 0 Å². The molecule has 3 rings (SSSR count). The highest BCUT2D eigenvalue weighted by Crippen LogP contribution is 2.28. The first-order valence-corrected chi connectivity index (χ1v) is 17.5. The van der Waals surface area contributed by atoms with Crippen molar-refractivity contribution in [1.82, 2.24) is 25.5 Å².